The number of carbonyl (C=O) groups excluding carboxylic acids is 1. The summed E-state index contributed by atoms with van der Waals surface area (Å²) in [6.45, 7) is 4.20. The Hall–Kier alpha value is -2.18. The molecule has 0 aliphatic heterocycles. The first-order valence-corrected chi connectivity index (χ1v) is 5.79. The van der Waals surface area contributed by atoms with Crippen molar-refractivity contribution in [2.75, 3.05) is 6.54 Å². The van der Waals surface area contributed by atoms with Crippen LogP contribution in [-0.4, -0.2) is 37.1 Å². The van der Waals surface area contributed by atoms with E-state index in [0.29, 0.717) is 36.7 Å². The summed E-state index contributed by atoms with van der Waals surface area (Å²) in [4.78, 5) is 19.7. The van der Waals surface area contributed by atoms with Crippen molar-refractivity contribution in [3.05, 3.63) is 17.6 Å². The number of aryl methyl sites for hydroxylation is 2. The normalized spacial score (nSPS) is 10.8. The van der Waals surface area contributed by atoms with Crippen LogP contribution in [0, 0.1) is 6.92 Å². The van der Waals surface area contributed by atoms with Gasteiger partial charge in [-0.3, -0.25) is 4.79 Å². The lowest BCUT2D eigenvalue weighted by atomic mass is 10.2. The van der Waals surface area contributed by atoms with Gasteiger partial charge in [0.05, 0.1) is 5.69 Å². The molecule has 0 radical (unpaired) electrons. The average molecular weight is 249 g/mol. The Morgan fingerprint density at radius 2 is 2.28 bits per heavy atom. The largest absolute Gasteiger partial charge is 0.493 e. The third-order valence-corrected chi connectivity index (χ3v) is 2.43. The summed E-state index contributed by atoms with van der Waals surface area (Å²) in [6.07, 6.45) is 0.797. The molecular formula is C11H15N5O2. The lowest BCUT2D eigenvalue weighted by Gasteiger charge is -2.03. The number of aromatic nitrogens is 4. The molecule has 2 aromatic rings. The number of nitrogens with zero attached hydrogens (tertiary/aromatic N) is 4. The number of carbonyl (C=O) groups is 1. The third kappa shape index (κ3) is 2.55. The van der Waals surface area contributed by atoms with Gasteiger partial charge < -0.3 is 10.4 Å². The smallest absolute Gasteiger partial charge is 0.255 e. The zero-order valence-corrected chi connectivity index (χ0v) is 10.3. The van der Waals surface area contributed by atoms with Gasteiger partial charge in [0.1, 0.15) is 5.82 Å². The van der Waals surface area contributed by atoms with Crippen molar-refractivity contribution in [3.8, 4) is 5.88 Å². The van der Waals surface area contributed by atoms with Gasteiger partial charge in [0.15, 0.2) is 0 Å². The minimum Gasteiger partial charge on any atom is -0.493 e. The molecule has 18 heavy (non-hydrogen) atoms. The molecule has 2 rings (SSSR count). The zero-order valence-electron chi connectivity index (χ0n) is 10.3. The predicted molar refractivity (Wildman–Crippen MR) is 64.2 cm³/mol. The van der Waals surface area contributed by atoms with Crippen molar-refractivity contribution in [3.63, 3.8) is 0 Å². The second kappa shape index (κ2) is 4.99. The van der Waals surface area contributed by atoms with Gasteiger partial charge in [-0.05, 0) is 20.3 Å². The van der Waals surface area contributed by atoms with Crippen molar-refractivity contribution in [2.45, 2.75) is 26.7 Å². The maximum absolute atomic E-state index is 11.3. The highest BCUT2D eigenvalue weighted by Crippen LogP contribution is 2.13. The number of hydrogen-bond acceptors (Lipinski definition) is 5. The van der Waals surface area contributed by atoms with Crippen LogP contribution < -0.4 is 5.32 Å². The molecular weight excluding hydrogens is 234 g/mol. The fourth-order valence-corrected chi connectivity index (χ4v) is 1.66. The predicted octanol–water partition coefficient (Wildman–Crippen LogP) is 0.207. The Kier molecular flexibility index (Phi) is 3.40. The lowest BCUT2D eigenvalue weighted by Crippen LogP contribution is -2.22. The van der Waals surface area contributed by atoms with Crippen LogP contribution in [0.1, 0.15) is 24.9 Å². The number of rotatable bonds is 4. The molecule has 7 nitrogen and oxygen atoms in total. The molecule has 96 valence electrons. The van der Waals surface area contributed by atoms with E-state index in [4.69, 9.17) is 0 Å². The van der Waals surface area contributed by atoms with E-state index in [9.17, 15) is 9.90 Å². The molecule has 0 spiro atoms. The van der Waals surface area contributed by atoms with Crippen LogP contribution in [0.2, 0.25) is 0 Å². The molecule has 2 aromatic heterocycles. The topological polar surface area (TPSA) is 92.4 Å². The first kappa shape index (κ1) is 12.3. The Balaban J connectivity index is 2.16. The van der Waals surface area contributed by atoms with E-state index in [0.717, 1.165) is 0 Å². The number of hydrogen-bond donors (Lipinski definition) is 2. The molecule has 0 bridgehead atoms. The molecule has 0 fully saturated rings. The Labute approximate surface area is 104 Å². The monoisotopic (exact) mass is 249 g/mol. The highest BCUT2D eigenvalue weighted by Gasteiger charge is 2.09. The quantitative estimate of drug-likeness (QED) is 0.808. The molecule has 7 heteroatoms. The number of fused-ring (bicyclic) bond motifs is 1. The average Bonchev–Trinajstić information content (AvgIpc) is 2.68. The molecule has 0 atom stereocenters. The van der Waals surface area contributed by atoms with Crippen molar-refractivity contribution >= 4 is 11.7 Å². The molecule has 0 aromatic carbocycles. The van der Waals surface area contributed by atoms with Gasteiger partial charge in [0, 0.05) is 19.0 Å². The Morgan fingerprint density at radius 3 is 3.00 bits per heavy atom. The minimum atomic E-state index is -0.0312. The van der Waals surface area contributed by atoms with E-state index < -0.39 is 0 Å². The van der Waals surface area contributed by atoms with Gasteiger partial charge in [-0.2, -0.15) is 9.50 Å². The number of aromatic hydroxyl groups is 1. The van der Waals surface area contributed by atoms with Crippen molar-refractivity contribution in [1.82, 2.24) is 24.9 Å². The van der Waals surface area contributed by atoms with E-state index in [1.165, 1.54) is 10.6 Å². The lowest BCUT2D eigenvalue weighted by molar-refractivity contribution is -0.120. The fourth-order valence-electron chi connectivity index (χ4n) is 1.66. The van der Waals surface area contributed by atoms with E-state index >= 15 is 0 Å². The first-order chi connectivity index (χ1) is 8.60. The fraction of sp³-hybridized carbons (Fsp3) is 0.455. The number of amides is 1. The van der Waals surface area contributed by atoms with Gasteiger partial charge in [0.2, 0.25) is 11.8 Å². The van der Waals surface area contributed by atoms with Crippen LogP contribution in [0.3, 0.4) is 0 Å². The molecule has 1 amide bonds. The van der Waals surface area contributed by atoms with Crippen molar-refractivity contribution in [1.29, 1.82) is 0 Å². The Morgan fingerprint density at radius 1 is 1.50 bits per heavy atom. The SMILES string of the molecule is CCNC(=O)CCc1cc(O)n2nc(C)nc2n1. The van der Waals surface area contributed by atoms with E-state index in [-0.39, 0.29) is 11.8 Å². The van der Waals surface area contributed by atoms with Gasteiger partial charge in [-0.1, -0.05) is 0 Å². The summed E-state index contributed by atoms with van der Waals surface area (Å²) in [5, 5.41) is 16.5. The van der Waals surface area contributed by atoms with Gasteiger partial charge in [-0.25, -0.2) is 4.98 Å². The highest BCUT2D eigenvalue weighted by molar-refractivity contribution is 5.76. The van der Waals surface area contributed by atoms with Crippen molar-refractivity contribution in [2.24, 2.45) is 0 Å². The molecule has 0 aliphatic rings. The van der Waals surface area contributed by atoms with E-state index in [1.807, 2.05) is 6.92 Å². The van der Waals surface area contributed by atoms with Crippen LogP contribution in [0.5, 0.6) is 5.88 Å². The molecule has 0 saturated heterocycles. The minimum absolute atomic E-state index is 0.0218. The summed E-state index contributed by atoms with van der Waals surface area (Å²) in [7, 11) is 0. The van der Waals surface area contributed by atoms with Gasteiger partial charge in [-0.15, -0.1) is 5.10 Å². The summed E-state index contributed by atoms with van der Waals surface area (Å²) in [5.41, 5.74) is 0.624. The van der Waals surface area contributed by atoms with Gasteiger partial charge in [0.25, 0.3) is 5.78 Å². The second-order valence-corrected chi connectivity index (χ2v) is 3.93. The van der Waals surface area contributed by atoms with Crippen molar-refractivity contribution < 1.29 is 9.90 Å². The number of nitrogens with one attached hydrogen (secondary N) is 1. The van der Waals surface area contributed by atoms with Crippen LogP contribution in [0.4, 0.5) is 0 Å². The summed E-state index contributed by atoms with van der Waals surface area (Å²) in [5.74, 6) is 0.833. The molecule has 0 saturated carbocycles. The maximum Gasteiger partial charge on any atom is 0.255 e. The van der Waals surface area contributed by atoms with E-state index in [2.05, 4.69) is 20.4 Å². The zero-order chi connectivity index (χ0) is 13.1. The second-order valence-electron chi connectivity index (χ2n) is 3.93. The van der Waals surface area contributed by atoms with Crippen LogP contribution >= 0.6 is 0 Å². The van der Waals surface area contributed by atoms with Crippen LogP contribution in [0.25, 0.3) is 5.78 Å². The summed E-state index contributed by atoms with van der Waals surface area (Å²) >= 11 is 0. The molecule has 0 unspecified atom stereocenters. The highest BCUT2D eigenvalue weighted by atomic mass is 16.3. The molecule has 2 heterocycles. The Bertz CT molecular complexity index is 578. The van der Waals surface area contributed by atoms with Crippen LogP contribution in [0.15, 0.2) is 6.07 Å². The molecule has 0 aliphatic carbocycles. The van der Waals surface area contributed by atoms with Crippen LogP contribution in [-0.2, 0) is 11.2 Å². The summed E-state index contributed by atoms with van der Waals surface area (Å²) < 4.78 is 1.27. The molecule has 2 N–H and O–H groups in total. The summed E-state index contributed by atoms with van der Waals surface area (Å²) in [6, 6.07) is 1.50. The first-order valence-electron chi connectivity index (χ1n) is 5.79. The third-order valence-electron chi connectivity index (χ3n) is 2.43. The maximum atomic E-state index is 11.3. The van der Waals surface area contributed by atoms with Gasteiger partial charge >= 0.3 is 0 Å². The standard InChI is InChI=1S/C11H15N5O2/c1-3-12-9(17)5-4-8-6-10(18)16-11(14-8)13-7(2)15-16/h6,18H,3-5H2,1-2H3,(H,12,17). The van der Waals surface area contributed by atoms with E-state index in [1.54, 1.807) is 6.92 Å².